The zero-order valence-electron chi connectivity index (χ0n) is 8.75. The number of thiophene rings is 1. The molecule has 1 rings (SSSR count). The Bertz CT molecular complexity index is 347. The number of aromatic carboxylic acids is 1. The van der Waals surface area contributed by atoms with Gasteiger partial charge < -0.3 is 5.11 Å². The van der Waals surface area contributed by atoms with Crippen LogP contribution >= 0.6 is 23.1 Å². The maximum atomic E-state index is 11.0. The van der Waals surface area contributed by atoms with Crippen molar-refractivity contribution in [2.45, 2.75) is 30.4 Å². The standard InChI is InChI=1S/C10H14O2S2/c1-10(2,3)6-5-7(13-4)14-8(6)9(11)12/h5H,1-4H3,(H,11,12). The van der Waals surface area contributed by atoms with E-state index in [0.717, 1.165) is 9.77 Å². The van der Waals surface area contributed by atoms with Crippen molar-refractivity contribution in [1.29, 1.82) is 0 Å². The summed E-state index contributed by atoms with van der Waals surface area (Å²) in [6, 6.07) is 1.98. The van der Waals surface area contributed by atoms with E-state index in [-0.39, 0.29) is 5.41 Å². The third-order valence-corrected chi connectivity index (χ3v) is 4.10. The first-order chi connectivity index (χ1) is 6.36. The van der Waals surface area contributed by atoms with E-state index in [1.165, 1.54) is 11.3 Å². The zero-order chi connectivity index (χ0) is 10.9. The second kappa shape index (κ2) is 3.95. The summed E-state index contributed by atoms with van der Waals surface area (Å²) in [7, 11) is 0. The van der Waals surface area contributed by atoms with Crippen LogP contribution in [0, 0.1) is 0 Å². The average Bonchev–Trinajstić information content (AvgIpc) is 2.46. The third-order valence-electron chi connectivity index (χ3n) is 1.91. The molecule has 0 unspecified atom stereocenters. The molecule has 14 heavy (non-hydrogen) atoms. The second-order valence-corrected chi connectivity index (χ2v) is 6.23. The van der Waals surface area contributed by atoms with Gasteiger partial charge in [0.05, 0.1) is 4.21 Å². The fraction of sp³-hybridized carbons (Fsp3) is 0.500. The molecule has 0 aliphatic rings. The van der Waals surface area contributed by atoms with Gasteiger partial charge in [-0.3, -0.25) is 0 Å². The van der Waals surface area contributed by atoms with E-state index in [1.807, 2.05) is 33.1 Å². The van der Waals surface area contributed by atoms with E-state index in [0.29, 0.717) is 4.88 Å². The Hall–Kier alpha value is -0.480. The van der Waals surface area contributed by atoms with E-state index in [9.17, 15) is 4.79 Å². The molecule has 2 nitrogen and oxygen atoms in total. The van der Waals surface area contributed by atoms with E-state index >= 15 is 0 Å². The van der Waals surface area contributed by atoms with E-state index in [4.69, 9.17) is 5.11 Å². The molecule has 0 radical (unpaired) electrons. The maximum Gasteiger partial charge on any atom is 0.346 e. The van der Waals surface area contributed by atoms with Crippen LogP contribution in [0.25, 0.3) is 0 Å². The molecule has 1 N–H and O–H groups in total. The Kier molecular flexibility index (Phi) is 3.27. The number of rotatable bonds is 2. The van der Waals surface area contributed by atoms with Crippen LogP contribution in [0.15, 0.2) is 10.3 Å². The van der Waals surface area contributed by atoms with Crippen molar-refractivity contribution in [2.75, 3.05) is 6.26 Å². The summed E-state index contributed by atoms with van der Waals surface area (Å²) in [6.45, 7) is 6.10. The molecule has 0 fully saturated rings. The van der Waals surface area contributed by atoms with Crippen LogP contribution in [-0.2, 0) is 5.41 Å². The summed E-state index contributed by atoms with van der Waals surface area (Å²) in [4.78, 5) is 11.5. The lowest BCUT2D eigenvalue weighted by Gasteiger charge is -2.17. The number of hydrogen-bond acceptors (Lipinski definition) is 3. The molecule has 0 aliphatic carbocycles. The van der Waals surface area contributed by atoms with Gasteiger partial charge in [0.25, 0.3) is 0 Å². The first-order valence-corrected chi connectivity index (χ1v) is 6.32. The largest absolute Gasteiger partial charge is 0.477 e. The Balaban J connectivity index is 3.26. The van der Waals surface area contributed by atoms with Gasteiger partial charge in [0, 0.05) is 0 Å². The monoisotopic (exact) mass is 230 g/mol. The lowest BCUT2D eigenvalue weighted by Crippen LogP contribution is -2.14. The van der Waals surface area contributed by atoms with Gasteiger partial charge in [-0.25, -0.2) is 4.79 Å². The van der Waals surface area contributed by atoms with E-state index in [1.54, 1.807) is 11.8 Å². The summed E-state index contributed by atoms with van der Waals surface area (Å²) < 4.78 is 1.06. The van der Waals surface area contributed by atoms with Crippen molar-refractivity contribution in [3.8, 4) is 0 Å². The summed E-state index contributed by atoms with van der Waals surface area (Å²) in [5.74, 6) is -0.819. The summed E-state index contributed by atoms with van der Waals surface area (Å²) in [5.41, 5.74) is 0.831. The van der Waals surface area contributed by atoms with Crippen LogP contribution in [0.1, 0.15) is 36.0 Å². The van der Waals surface area contributed by atoms with E-state index in [2.05, 4.69) is 0 Å². The van der Waals surface area contributed by atoms with Crippen molar-refractivity contribution >= 4 is 29.1 Å². The van der Waals surface area contributed by atoms with Gasteiger partial charge in [0.1, 0.15) is 4.88 Å². The van der Waals surface area contributed by atoms with Gasteiger partial charge in [-0.1, -0.05) is 20.8 Å². The van der Waals surface area contributed by atoms with Crippen molar-refractivity contribution in [2.24, 2.45) is 0 Å². The normalized spacial score (nSPS) is 11.7. The van der Waals surface area contributed by atoms with Crippen LogP contribution < -0.4 is 0 Å². The maximum absolute atomic E-state index is 11.0. The van der Waals surface area contributed by atoms with Crippen molar-refractivity contribution < 1.29 is 9.90 Å². The SMILES string of the molecule is CSc1cc(C(C)(C)C)c(C(=O)O)s1. The van der Waals surface area contributed by atoms with Gasteiger partial charge in [0.2, 0.25) is 0 Å². The minimum atomic E-state index is -0.819. The zero-order valence-corrected chi connectivity index (χ0v) is 10.4. The molecule has 0 amide bonds. The van der Waals surface area contributed by atoms with Crippen molar-refractivity contribution in [3.63, 3.8) is 0 Å². The quantitative estimate of drug-likeness (QED) is 0.790. The summed E-state index contributed by atoms with van der Waals surface area (Å²) in [6.07, 6.45) is 1.96. The van der Waals surface area contributed by atoms with Gasteiger partial charge in [-0.15, -0.1) is 23.1 Å². The van der Waals surface area contributed by atoms with Crippen LogP contribution in [-0.4, -0.2) is 17.3 Å². The number of carbonyl (C=O) groups is 1. The fourth-order valence-electron chi connectivity index (χ4n) is 1.18. The molecule has 0 bridgehead atoms. The van der Waals surface area contributed by atoms with Crippen LogP contribution in [0.2, 0.25) is 0 Å². The fourth-order valence-corrected chi connectivity index (χ4v) is 2.94. The number of carboxylic acids is 1. The molecule has 0 atom stereocenters. The van der Waals surface area contributed by atoms with Gasteiger partial charge in [0.15, 0.2) is 0 Å². The van der Waals surface area contributed by atoms with Gasteiger partial charge >= 0.3 is 5.97 Å². The lowest BCUT2D eigenvalue weighted by atomic mass is 9.87. The molecule has 1 aromatic rings. The topological polar surface area (TPSA) is 37.3 Å². The average molecular weight is 230 g/mol. The Morgan fingerprint density at radius 2 is 2.07 bits per heavy atom. The third kappa shape index (κ3) is 2.30. The molecule has 0 aromatic carbocycles. The minimum absolute atomic E-state index is 0.0990. The van der Waals surface area contributed by atoms with E-state index < -0.39 is 5.97 Å². The van der Waals surface area contributed by atoms with Crippen LogP contribution in [0.3, 0.4) is 0 Å². The number of hydrogen-bond donors (Lipinski definition) is 1. The molecule has 4 heteroatoms. The molecule has 78 valence electrons. The summed E-state index contributed by atoms with van der Waals surface area (Å²) in [5, 5.41) is 9.04. The minimum Gasteiger partial charge on any atom is -0.477 e. The molecular weight excluding hydrogens is 216 g/mol. The highest BCUT2D eigenvalue weighted by Crippen LogP contribution is 2.36. The lowest BCUT2D eigenvalue weighted by molar-refractivity contribution is 0.0699. The highest BCUT2D eigenvalue weighted by molar-refractivity contribution is 8.00. The van der Waals surface area contributed by atoms with Crippen molar-refractivity contribution in [1.82, 2.24) is 0 Å². The van der Waals surface area contributed by atoms with Crippen LogP contribution in [0.5, 0.6) is 0 Å². The highest BCUT2D eigenvalue weighted by atomic mass is 32.2. The first kappa shape index (κ1) is 11.6. The predicted molar refractivity (Wildman–Crippen MR) is 61.8 cm³/mol. The van der Waals surface area contributed by atoms with Gasteiger partial charge in [-0.05, 0) is 23.3 Å². The molecule has 0 spiro atoms. The molecule has 1 aromatic heterocycles. The molecular formula is C10H14O2S2. The highest BCUT2D eigenvalue weighted by Gasteiger charge is 2.24. The molecule has 1 heterocycles. The first-order valence-electron chi connectivity index (χ1n) is 4.28. The molecule has 0 saturated carbocycles. The molecule has 0 aliphatic heterocycles. The van der Waals surface area contributed by atoms with Gasteiger partial charge in [-0.2, -0.15) is 0 Å². The Morgan fingerprint density at radius 3 is 2.36 bits per heavy atom. The second-order valence-electron chi connectivity index (χ2n) is 4.07. The smallest absolute Gasteiger partial charge is 0.346 e. The van der Waals surface area contributed by atoms with Crippen LogP contribution in [0.4, 0.5) is 0 Å². The predicted octanol–water partition coefficient (Wildman–Crippen LogP) is 3.47. The Labute approximate surface area is 92.3 Å². The summed E-state index contributed by atoms with van der Waals surface area (Å²) >= 11 is 2.95. The number of thioether (sulfide) groups is 1. The van der Waals surface area contributed by atoms with Crippen molar-refractivity contribution in [3.05, 3.63) is 16.5 Å². The Morgan fingerprint density at radius 1 is 1.50 bits per heavy atom. The number of carboxylic acid groups (broad SMARTS) is 1. The molecule has 0 saturated heterocycles.